The van der Waals surface area contributed by atoms with Gasteiger partial charge in [0, 0.05) is 30.3 Å². The van der Waals surface area contributed by atoms with E-state index in [1.54, 1.807) is 18.5 Å². The number of benzene rings is 1. The zero-order chi connectivity index (χ0) is 18.5. The summed E-state index contributed by atoms with van der Waals surface area (Å²) in [7, 11) is 0. The largest absolute Gasteiger partial charge is 0.350 e. The molecule has 2 N–H and O–H groups in total. The van der Waals surface area contributed by atoms with Gasteiger partial charge in [-0.2, -0.15) is 0 Å². The molecule has 6 heteroatoms. The van der Waals surface area contributed by atoms with Crippen LogP contribution in [0.5, 0.6) is 0 Å². The molecule has 0 spiro atoms. The molecule has 26 heavy (non-hydrogen) atoms. The zero-order valence-electron chi connectivity index (χ0n) is 15.1. The molecule has 3 rings (SSSR count). The van der Waals surface area contributed by atoms with E-state index in [2.05, 4.69) is 31.7 Å². The molecular weight excluding hydrogens is 326 g/mol. The summed E-state index contributed by atoms with van der Waals surface area (Å²) in [6.07, 6.45) is 3.50. The molecule has 2 aromatic heterocycles. The average molecular weight is 347 g/mol. The van der Waals surface area contributed by atoms with E-state index < -0.39 is 0 Å². The maximum absolute atomic E-state index is 12.6. The Labute approximate surface area is 152 Å². The summed E-state index contributed by atoms with van der Waals surface area (Å²) in [4.78, 5) is 25.3. The Balaban J connectivity index is 1.74. The van der Waals surface area contributed by atoms with Gasteiger partial charge in [0.15, 0.2) is 0 Å². The van der Waals surface area contributed by atoms with Crippen molar-refractivity contribution < 1.29 is 4.79 Å². The Morgan fingerprint density at radius 2 is 1.81 bits per heavy atom. The quantitative estimate of drug-likeness (QED) is 0.736. The van der Waals surface area contributed by atoms with Gasteiger partial charge < -0.3 is 10.6 Å². The monoisotopic (exact) mass is 347 g/mol. The highest BCUT2D eigenvalue weighted by molar-refractivity contribution is 6.03. The Bertz CT molecular complexity index is 904. The molecule has 0 fully saturated rings. The van der Waals surface area contributed by atoms with E-state index in [-0.39, 0.29) is 5.91 Å². The van der Waals surface area contributed by atoms with Crippen molar-refractivity contribution in [1.82, 2.24) is 15.0 Å². The molecule has 6 nitrogen and oxygen atoms in total. The van der Waals surface area contributed by atoms with Crippen LogP contribution in [0.3, 0.4) is 0 Å². The van der Waals surface area contributed by atoms with Crippen LogP contribution in [0.15, 0.2) is 48.8 Å². The van der Waals surface area contributed by atoms with E-state index in [0.717, 1.165) is 28.1 Å². The molecule has 1 aromatic carbocycles. The van der Waals surface area contributed by atoms with Gasteiger partial charge in [-0.15, -0.1) is 0 Å². The lowest BCUT2D eigenvalue weighted by atomic mass is 10.1. The SMILES string of the molecule is Cc1cc(C)cc(NC(=O)c2cc(C)nc(NCc3cccnc3)n2)c1. The first-order valence-corrected chi connectivity index (χ1v) is 8.38. The van der Waals surface area contributed by atoms with Crippen LogP contribution in [0.25, 0.3) is 0 Å². The van der Waals surface area contributed by atoms with Crippen LogP contribution < -0.4 is 10.6 Å². The normalized spacial score (nSPS) is 10.4. The molecule has 0 saturated heterocycles. The summed E-state index contributed by atoms with van der Waals surface area (Å²) in [5, 5.41) is 6.04. The molecule has 0 aliphatic carbocycles. The number of hydrogen-bond donors (Lipinski definition) is 2. The van der Waals surface area contributed by atoms with Crippen LogP contribution in [-0.2, 0) is 6.54 Å². The fourth-order valence-electron chi connectivity index (χ4n) is 2.69. The average Bonchev–Trinajstić information content (AvgIpc) is 2.59. The highest BCUT2D eigenvalue weighted by Gasteiger charge is 2.11. The van der Waals surface area contributed by atoms with Crippen LogP contribution in [0.1, 0.15) is 32.9 Å². The summed E-state index contributed by atoms with van der Waals surface area (Å²) < 4.78 is 0. The third-order valence-corrected chi connectivity index (χ3v) is 3.74. The lowest BCUT2D eigenvalue weighted by molar-refractivity contribution is 0.102. The molecule has 0 radical (unpaired) electrons. The predicted octanol–water partition coefficient (Wildman–Crippen LogP) is 3.66. The van der Waals surface area contributed by atoms with E-state index >= 15 is 0 Å². The Morgan fingerprint density at radius 1 is 1.04 bits per heavy atom. The number of anilines is 2. The molecule has 2 heterocycles. The number of amides is 1. The van der Waals surface area contributed by atoms with Crippen molar-refractivity contribution in [2.45, 2.75) is 27.3 Å². The van der Waals surface area contributed by atoms with E-state index in [4.69, 9.17) is 0 Å². The van der Waals surface area contributed by atoms with E-state index in [1.807, 2.05) is 45.0 Å². The second kappa shape index (κ2) is 7.74. The summed E-state index contributed by atoms with van der Waals surface area (Å²) in [5.74, 6) is 0.157. The van der Waals surface area contributed by atoms with Crippen LogP contribution in [0.2, 0.25) is 0 Å². The van der Waals surface area contributed by atoms with Crippen LogP contribution in [-0.4, -0.2) is 20.9 Å². The number of aryl methyl sites for hydroxylation is 3. The van der Waals surface area contributed by atoms with Gasteiger partial charge in [0.05, 0.1) is 0 Å². The zero-order valence-corrected chi connectivity index (χ0v) is 15.1. The Morgan fingerprint density at radius 3 is 2.50 bits per heavy atom. The molecule has 3 aromatic rings. The molecule has 0 unspecified atom stereocenters. The topological polar surface area (TPSA) is 79.8 Å². The number of hydrogen-bond acceptors (Lipinski definition) is 5. The second-order valence-corrected chi connectivity index (χ2v) is 6.26. The number of pyridine rings is 1. The van der Waals surface area contributed by atoms with Crippen LogP contribution >= 0.6 is 0 Å². The summed E-state index contributed by atoms with van der Waals surface area (Å²) in [6.45, 7) is 6.37. The maximum atomic E-state index is 12.6. The summed E-state index contributed by atoms with van der Waals surface area (Å²) in [5.41, 5.74) is 5.01. The lowest BCUT2D eigenvalue weighted by Crippen LogP contribution is -2.16. The van der Waals surface area contributed by atoms with Crippen molar-refractivity contribution in [3.8, 4) is 0 Å². The summed E-state index contributed by atoms with van der Waals surface area (Å²) in [6, 6.07) is 11.4. The Kier molecular flexibility index (Phi) is 5.22. The van der Waals surface area contributed by atoms with Crippen molar-refractivity contribution in [2.75, 3.05) is 10.6 Å². The second-order valence-electron chi connectivity index (χ2n) is 6.26. The third-order valence-electron chi connectivity index (χ3n) is 3.74. The maximum Gasteiger partial charge on any atom is 0.274 e. The lowest BCUT2D eigenvalue weighted by Gasteiger charge is -2.10. The van der Waals surface area contributed by atoms with E-state index in [9.17, 15) is 4.79 Å². The van der Waals surface area contributed by atoms with Gasteiger partial charge >= 0.3 is 0 Å². The predicted molar refractivity (Wildman–Crippen MR) is 102 cm³/mol. The first-order valence-electron chi connectivity index (χ1n) is 8.38. The first kappa shape index (κ1) is 17.5. The molecule has 0 bridgehead atoms. The highest BCUT2D eigenvalue weighted by Crippen LogP contribution is 2.15. The van der Waals surface area contributed by atoms with Crippen molar-refractivity contribution >= 4 is 17.5 Å². The van der Waals surface area contributed by atoms with E-state index in [1.165, 1.54) is 0 Å². The Hall–Kier alpha value is -3.28. The van der Waals surface area contributed by atoms with Gasteiger partial charge in [-0.25, -0.2) is 9.97 Å². The van der Waals surface area contributed by atoms with Gasteiger partial charge in [-0.3, -0.25) is 9.78 Å². The van der Waals surface area contributed by atoms with Crippen molar-refractivity contribution in [2.24, 2.45) is 0 Å². The van der Waals surface area contributed by atoms with Crippen molar-refractivity contribution in [3.05, 3.63) is 76.9 Å². The molecule has 0 atom stereocenters. The minimum atomic E-state index is -0.259. The minimum absolute atomic E-state index is 0.259. The fourth-order valence-corrected chi connectivity index (χ4v) is 2.69. The van der Waals surface area contributed by atoms with Gasteiger partial charge in [0.1, 0.15) is 5.69 Å². The number of carbonyl (C=O) groups excluding carboxylic acids is 1. The molecule has 0 aliphatic heterocycles. The number of aromatic nitrogens is 3. The molecule has 132 valence electrons. The molecule has 0 saturated carbocycles. The van der Waals surface area contributed by atoms with Gasteiger partial charge in [-0.05, 0) is 61.7 Å². The number of nitrogens with zero attached hydrogens (tertiary/aromatic N) is 3. The highest BCUT2D eigenvalue weighted by atomic mass is 16.1. The third kappa shape index (κ3) is 4.63. The van der Waals surface area contributed by atoms with Crippen LogP contribution in [0, 0.1) is 20.8 Å². The van der Waals surface area contributed by atoms with E-state index in [0.29, 0.717) is 18.2 Å². The smallest absolute Gasteiger partial charge is 0.274 e. The van der Waals surface area contributed by atoms with Crippen molar-refractivity contribution in [1.29, 1.82) is 0 Å². The molecule has 0 aliphatic rings. The number of rotatable bonds is 5. The van der Waals surface area contributed by atoms with Gasteiger partial charge in [-0.1, -0.05) is 12.1 Å². The van der Waals surface area contributed by atoms with Gasteiger partial charge in [0.2, 0.25) is 5.95 Å². The minimum Gasteiger partial charge on any atom is -0.350 e. The van der Waals surface area contributed by atoms with Crippen molar-refractivity contribution in [3.63, 3.8) is 0 Å². The molecular formula is C20H21N5O. The standard InChI is InChI=1S/C20H21N5O/c1-13-7-14(2)9-17(8-13)24-19(26)18-10-15(3)23-20(25-18)22-12-16-5-4-6-21-11-16/h4-11H,12H2,1-3H3,(H,24,26)(H,22,23,25). The van der Waals surface area contributed by atoms with Gasteiger partial charge in [0.25, 0.3) is 5.91 Å². The first-order chi connectivity index (χ1) is 12.5. The number of nitrogens with one attached hydrogen (secondary N) is 2. The fraction of sp³-hybridized carbons (Fsp3) is 0.200. The number of carbonyl (C=O) groups is 1. The summed E-state index contributed by atoms with van der Waals surface area (Å²) >= 11 is 0. The van der Waals surface area contributed by atoms with Crippen LogP contribution in [0.4, 0.5) is 11.6 Å². The molecule has 1 amide bonds.